The van der Waals surface area contributed by atoms with Gasteiger partial charge in [-0.25, -0.2) is 14.0 Å². The zero-order chi connectivity index (χ0) is 38.2. The molecule has 1 heterocycles. The molecule has 3 aromatic rings. The molecule has 0 spiro atoms. The summed E-state index contributed by atoms with van der Waals surface area (Å²) in [5.74, 6) is -3.18. The maximum atomic E-state index is 14.5. The summed E-state index contributed by atoms with van der Waals surface area (Å²) in [5.41, 5.74) is 3.32. The molecular formula is C39H47FN4O8. The minimum Gasteiger partial charge on any atom is -0.508 e. The number of phenolic OH excluding ortho intramolecular Hbond substituents is 1. The number of phenols is 1. The Hall–Kier alpha value is -5.46. The first-order valence-corrected chi connectivity index (χ1v) is 17.2. The van der Waals surface area contributed by atoms with E-state index in [-0.39, 0.29) is 43.7 Å². The van der Waals surface area contributed by atoms with Gasteiger partial charge in [0.1, 0.15) is 35.3 Å². The Labute approximate surface area is 302 Å². The molecule has 1 aliphatic rings. The largest absolute Gasteiger partial charge is 0.508 e. The number of aryl methyl sites for hydroxylation is 2. The van der Waals surface area contributed by atoms with Crippen molar-refractivity contribution in [2.45, 2.75) is 97.0 Å². The zero-order valence-electron chi connectivity index (χ0n) is 30.1. The highest BCUT2D eigenvalue weighted by atomic mass is 19.1. The number of unbranched alkanes of at least 4 members (excludes halogenated alkanes) is 1. The van der Waals surface area contributed by atoms with Crippen molar-refractivity contribution in [2.24, 2.45) is 0 Å². The molecule has 52 heavy (non-hydrogen) atoms. The third kappa shape index (κ3) is 10.8. The van der Waals surface area contributed by atoms with E-state index in [0.717, 1.165) is 39.9 Å². The van der Waals surface area contributed by atoms with E-state index in [9.17, 15) is 38.6 Å². The number of hydrogen-bond donors (Lipinski definition) is 5. The average Bonchev–Trinajstić information content (AvgIpc) is 3.06. The number of carboxylic acid groups (broad SMARTS) is 1. The fourth-order valence-corrected chi connectivity index (χ4v) is 6.24. The van der Waals surface area contributed by atoms with Crippen LogP contribution in [0.5, 0.6) is 5.75 Å². The first-order valence-electron chi connectivity index (χ1n) is 17.2. The standard InChI is InChI=1S/C39H47FN4O8/c1-23-18-29(45)19-24(2)30(23)21-32(43-38(51)52-39(3,4)5)36(48)44-22-27-11-7-6-10-26(27)20-33(44)35(47)41-17-9-8-12-31(37(49)50)42-34(46)25-13-15-28(40)16-14-25/h6-7,10-11,13-16,18-19,31-33,45H,8-9,12,17,20-22H2,1-5H3,(H,41,47)(H,42,46)(H,43,51)(H,49,50)/t31-,32-,33-/m0/s1. The number of hydrogen-bond acceptors (Lipinski definition) is 7. The van der Waals surface area contributed by atoms with Crippen molar-refractivity contribution in [3.8, 4) is 5.75 Å². The summed E-state index contributed by atoms with van der Waals surface area (Å²) >= 11 is 0. The molecule has 0 radical (unpaired) electrons. The highest BCUT2D eigenvalue weighted by Crippen LogP contribution is 2.27. The SMILES string of the molecule is Cc1cc(O)cc(C)c1C[C@H](NC(=O)OC(C)(C)C)C(=O)N1Cc2ccccc2C[C@H]1C(=O)NCCCC[C@H](NC(=O)c1ccc(F)cc1)C(=O)O. The molecule has 0 aromatic heterocycles. The number of fused-ring (bicyclic) bond motifs is 1. The molecule has 0 fully saturated rings. The second-order valence-electron chi connectivity index (χ2n) is 14.1. The number of benzene rings is 3. The van der Waals surface area contributed by atoms with Gasteiger partial charge in [-0.15, -0.1) is 0 Å². The maximum Gasteiger partial charge on any atom is 0.408 e. The summed E-state index contributed by atoms with van der Waals surface area (Å²) in [6.07, 6.45) is 0.372. The lowest BCUT2D eigenvalue weighted by atomic mass is 9.91. The smallest absolute Gasteiger partial charge is 0.408 e. The van der Waals surface area contributed by atoms with E-state index < -0.39 is 59.3 Å². The number of ether oxygens (including phenoxy) is 1. The molecule has 0 saturated carbocycles. The van der Waals surface area contributed by atoms with Crippen LogP contribution in [-0.4, -0.2) is 75.2 Å². The van der Waals surface area contributed by atoms with Crippen LogP contribution in [0.25, 0.3) is 0 Å². The van der Waals surface area contributed by atoms with Gasteiger partial charge in [-0.2, -0.15) is 0 Å². The van der Waals surface area contributed by atoms with Crippen molar-refractivity contribution < 1.29 is 43.3 Å². The number of carboxylic acids is 1. The number of alkyl carbamates (subject to hydrolysis) is 1. The number of carbonyl (C=O) groups is 5. The van der Waals surface area contributed by atoms with Gasteiger partial charge in [-0.3, -0.25) is 14.4 Å². The van der Waals surface area contributed by atoms with E-state index in [1.54, 1.807) is 32.9 Å². The Balaban J connectivity index is 1.47. The lowest BCUT2D eigenvalue weighted by molar-refractivity contribution is -0.143. The van der Waals surface area contributed by atoms with Crippen molar-refractivity contribution in [3.63, 3.8) is 0 Å². The molecule has 0 saturated heterocycles. The number of nitrogens with zero attached hydrogens (tertiary/aromatic N) is 1. The Kier molecular flexibility index (Phi) is 13.0. The van der Waals surface area contributed by atoms with E-state index in [4.69, 9.17) is 4.74 Å². The summed E-state index contributed by atoms with van der Waals surface area (Å²) in [6.45, 7) is 9.07. The molecule has 3 aromatic carbocycles. The molecule has 12 nitrogen and oxygen atoms in total. The fraction of sp³-hybridized carbons (Fsp3) is 0.410. The fourth-order valence-electron chi connectivity index (χ4n) is 6.24. The highest BCUT2D eigenvalue weighted by molar-refractivity contribution is 5.96. The molecule has 13 heteroatoms. The van der Waals surface area contributed by atoms with Gasteiger partial charge in [0.05, 0.1) is 0 Å². The first-order chi connectivity index (χ1) is 24.5. The molecular weight excluding hydrogens is 671 g/mol. The number of aromatic hydroxyl groups is 1. The summed E-state index contributed by atoms with van der Waals surface area (Å²) in [6, 6.07) is 12.2. The molecule has 1 aliphatic heterocycles. The second-order valence-corrected chi connectivity index (χ2v) is 14.1. The highest BCUT2D eigenvalue weighted by Gasteiger charge is 2.38. The summed E-state index contributed by atoms with van der Waals surface area (Å²) in [4.78, 5) is 67.0. The molecule has 3 atom stereocenters. The Morgan fingerprint density at radius 2 is 1.56 bits per heavy atom. The zero-order valence-corrected chi connectivity index (χ0v) is 30.1. The van der Waals surface area contributed by atoms with Gasteiger partial charge >= 0.3 is 12.1 Å². The number of nitrogens with one attached hydrogen (secondary N) is 3. The summed E-state index contributed by atoms with van der Waals surface area (Å²) < 4.78 is 18.7. The molecule has 5 N–H and O–H groups in total. The van der Waals surface area contributed by atoms with Gasteiger partial charge in [0.15, 0.2) is 0 Å². The Morgan fingerprint density at radius 3 is 2.17 bits per heavy atom. The summed E-state index contributed by atoms with van der Waals surface area (Å²) in [7, 11) is 0. The number of halogens is 1. The molecule has 0 unspecified atom stereocenters. The molecule has 0 aliphatic carbocycles. The summed E-state index contributed by atoms with van der Waals surface area (Å²) in [5, 5.41) is 27.8. The minimum atomic E-state index is -1.22. The van der Waals surface area contributed by atoms with Crippen LogP contribution in [0.1, 0.15) is 78.2 Å². The van der Waals surface area contributed by atoms with E-state index >= 15 is 0 Å². The van der Waals surface area contributed by atoms with Crippen LogP contribution >= 0.6 is 0 Å². The van der Waals surface area contributed by atoms with E-state index in [2.05, 4.69) is 16.0 Å². The molecule has 4 rings (SSSR count). The van der Waals surface area contributed by atoms with Crippen molar-refractivity contribution >= 4 is 29.8 Å². The van der Waals surface area contributed by atoms with Crippen LogP contribution in [0, 0.1) is 19.7 Å². The predicted octanol–water partition coefficient (Wildman–Crippen LogP) is 4.71. The normalized spacial score (nSPS) is 15.1. The monoisotopic (exact) mass is 718 g/mol. The second kappa shape index (κ2) is 17.2. The number of aliphatic carboxylic acids is 1. The third-order valence-electron chi connectivity index (χ3n) is 8.84. The van der Waals surface area contributed by atoms with Crippen LogP contribution < -0.4 is 16.0 Å². The number of rotatable bonds is 13. The quantitative estimate of drug-likeness (QED) is 0.158. The van der Waals surface area contributed by atoms with Crippen LogP contribution in [0.3, 0.4) is 0 Å². The maximum absolute atomic E-state index is 14.5. The van der Waals surface area contributed by atoms with E-state index in [1.807, 2.05) is 38.1 Å². The van der Waals surface area contributed by atoms with Gasteiger partial charge in [-0.1, -0.05) is 24.3 Å². The van der Waals surface area contributed by atoms with Crippen molar-refractivity contribution in [3.05, 3.63) is 99.9 Å². The van der Waals surface area contributed by atoms with Gasteiger partial charge < -0.3 is 35.8 Å². The van der Waals surface area contributed by atoms with Gasteiger partial charge in [0, 0.05) is 31.5 Å². The minimum absolute atomic E-state index is 0.0827. The molecule has 0 bridgehead atoms. The first kappa shape index (κ1) is 39.3. The van der Waals surface area contributed by atoms with E-state index in [1.165, 1.54) is 17.0 Å². The Bertz CT molecular complexity index is 1770. The lowest BCUT2D eigenvalue weighted by Gasteiger charge is -2.38. The van der Waals surface area contributed by atoms with Crippen LogP contribution in [-0.2, 0) is 38.5 Å². The van der Waals surface area contributed by atoms with Gasteiger partial charge in [0.25, 0.3) is 5.91 Å². The number of carbonyl (C=O) groups excluding carboxylic acids is 4. The third-order valence-corrected chi connectivity index (χ3v) is 8.84. The van der Waals surface area contributed by atoms with E-state index in [0.29, 0.717) is 12.8 Å². The van der Waals surface area contributed by atoms with Crippen LogP contribution in [0.4, 0.5) is 9.18 Å². The van der Waals surface area contributed by atoms with Crippen molar-refractivity contribution in [1.29, 1.82) is 0 Å². The van der Waals surface area contributed by atoms with Gasteiger partial charge in [0.2, 0.25) is 11.8 Å². The number of amides is 4. The average molecular weight is 719 g/mol. The predicted molar refractivity (Wildman–Crippen MR) is 191 cm³/mol. The molecule has 4 amide bonds. The topological polar surface area (TPSA) is 174 Å². The lowest BCUT2D eigenvalue weighted by Crippen LogP contribution is -2.58. The van der Waals surface area contributed by atoms with Crippen molar-refractivity contribution in [2.75, 3.05) is 6.54 Å². The van der Waals surface area contributed by atoms with Crippen LogP contribution in [0.2, 0.25) is 0 Å². The van der Waals surface area contributed by atoms with Crippen LogP contribution in [0.15, 0.2) is 60.7 Å². The van der Waals surface area contributed by atoms with Crippen molar-refractivity contribution in [1.82, 2.24) is 20.9 Å². The Morgan fingerprint density at radius 1 is 0.923 bits per heavy atom. The van der Waals surface area contributed by atoms with Gasteiger partial charge in [-0.05, 0) is 118 Å². The molecule has 278 valence electrons.